The molecule has 0 aromatic heterocycles. The van der Waals surface area contributed by atoms with Gasteiger partial charge in [-0.1, -0.05) is 0 Å². The van der Waals surface area contributed by atoms with Gasteiger partial charge in [-0.3, -0.25) is 0 Å². The van der Waals surface area contributed by atoms with Crippen LogP contribution in [0.3, 0.4) is 0 Å². The van der Waals surface area contributed by atoms with E-state index >= 15 is 0 Å². The smallest absolute Gasteiger partial charge is 0.746 e. The van der Waals surface area contributed by atoms with E-state index in [1.807, 2.05) is 0 Å². The molecule has 0 bridgehead atoms. The van der Waals surface area contributed by atoms with Gasteiger partial charge in [-0.15, -0.1) is 0 Å². The molecule has 2 unspecified atom stereocenters. The van der Waals surface area contributed by atoms with Crippen LogP contribution in [0, 0.1) is 11.8 Å². The van der Waals surface area contributed by atoms with Crippen LogP contribution < -0.4 is 59.1 Å². The number of aliphatic hydroxyl groups excluding tert-OH is 2. The van der Waals surface area contributed by atoms with Crippen LogP contribution in [0.5, 0.6) is 0 Å². The van der Waals surface area contributed by atoms with Crippen LogP contribution in [0.25, 0.3) is 0 Å². The Bertz CT molecular complexity index is 437. The molecular weight excluding hydrogens is 334 g/mol. The molecule has 2 N–H and O–H groups in total. The first-order valence-electron chi connectivity index (χ1n) is 5.29. The van der Waals surface area contributed by atoms with Gasteiger partial charge in [-0.2, -0.15) is 0 Å². The van der Waals surface area contributed by atoms with Crippen LogP contribution >= 0.6 is 0 Å². The van der Waals surface area contributed by atoms with E-state index in [1.165, 1.54) is 0 Å². The van der Waals surface area contributed by atoms with Gasteiger partial charge in [0, 0.05) is 0 Å². The number of hydrogen-bond donors (Lipinski definition) is 2. The van der Waals surface area contributed by atoms with Crippen molar-refractivity contribution in [1.29, 1.82) is 0 Å². The maximum Gasteiger partial charge on any atom is 1.00 e. The zero-order valence-corrected chi connectivity index (χ0v) is 16.9. The summed E-state index contributed by atoms with van der Waals surface area (Å²) in [7, 11) is -9.61. The van der Waals surface area contributed by atoms with E-state index in [0.717, 1.165) is 0 Å². The molecule has 0 aliphatic heterocycles. The van der Waals surface area contributed by atoms with Crippen LogP contribution in [0.1, 0.15) is 25.7 Å². The molecule has 108 valence electrons. The number of hydrogen-bond acceptors (Lipinski definition) is 8. The topological polar surface area (TPSA) is 155 Å². The second kappa shape index (κ2) is 9.14. The van der Waals surface area contributed by atoms with Gasteiger partial charge in [0.1, 0.15) is 31.1 Å². The third-order valence-electron chi connectivity index (χ3n) is 3.21. The number of aliphatic hydroxyl groups is 2. The minimum Gasteiger partial charge on any atom is -0.746 e. The fraction of sp³-hybridized carbons (Fsp3) is 1.00. The van der Waals surface area contributed by atoms with Gasteiger partial charge < -0.3 is 19.3 Å². The summed E-state index contributed by atoms with van der Waals surface area (Å²) in [5, 5.41) is 18.5. The molecule has 8 nitrogen and oxygen atoms in total. The van der Waals surface area contributed by atoms with Gasteiger partial charge in [-0.25, -0.2) is 16.8 Å². The molecule has 0 radical (unpaired) electrons. The van der Waals surface area contributed by atoms with Gasteiger partial charge in [-0.05, 0) is 37.5 Å². The first-order valence-corrected chi connectivity index (χ1v) is 8.23. The van der Waals surface area contributed by atoms with Crippen molar-refractivity contribution in [3.63, 3.8) is 0 Å². The minimum absolute atomic E-state index is 0. The largest absolute Gasteiger partial charge is 1.00 e. The molecule has 1 fully saturated rings. The fourth-order valence-electron chi connectivity index (χ4n) is 2.19. The van der Waals surface area contributed by atoms with Crippen LogP contribution in [-0.2, 0) is 20.2 Å². The van der Waals surface area contributed by atoms with E-state index in [1.54, 1.807) is 0 Å². The molecule has 0 spiro atoms. The summed E-state index contributed by atoms with van der Waals surface area (Å²) in [6.45, 7) is 0. The minimum atomic E-state index is -4.81. The first-order chi connectivity index (χ1) is 8.03. The van der Waals surface area contributed by atoms with Crippen molar-refractivity contribution >= 4 is 20.2 Å². The Morgan fingerprint density at radius 1 is 0.750 bits per heavy atom. The first kappa shape index (κ1) is 24.0. The molecule has 1 saturated carbocycles. The second-order valence-electron chi connectivity index (χ2n) is 4.44. The van der Waals surface area contributed by atoms with Crippen molar-refractivity contribution in [1.82, 2.24) is 0 Å². The van der Waals surface area contributed by atoms with Crippen molar-refractivity contribution < 1.29 is 95.3 Å². The summed E-state index contributed by atoms with van der Waals surface area (Å²) < 4.78 is 63.6. The van der Waals surface area contributed by atoms with Gasteiger partial charge in [0.05, 0.1) is 0 Å². The van der Waals surface area contributed by atoms with Crippen LogP contribution in [-0.4, -0.2) is 47.0 Å². The second-order valence-corrected chi connectivity index (χ2v) is 7.38. The molecule has 1 rings (SSSR count). The average Bonchev–Trinajstić information content (AvgIpc) is 2.25. The summed E-state index contributed by atoms with van der Waals surface area (Å²) in [5.74, 6) is -1.57. The Labute approximate surface area is 162 Å². The normalized spacial score (nSPS) is 26.8. The Morgan fingerprint density at radius 3 is 1.10 bits per heavy atom. The van der Waals surface area contributed by atoms with Gasteiger partial charge >= 0.3 is 59.1 Å². The number of rotatable bonds is 4. The maximum atomic E-state index is 10.6. The maximum absolute atomic E-state index is 10.6. The third-order valence-corrected chi connectivity index (χ3v) is 5.17. The van der Waals surface area contributed by atoms with Gasteiger partial charge in [0.2, 0.25) is 0 Å². The average molecular weight is 348 g/mol. The molecule has 0 aromatic carbocycles. The standard InChI is InChI=1S/C8H16O8S2.2Na/c9-7(17(11,12)13)5-1-2-6(4-3-5)8(10)18(14,15)16;;/h5-10H,1-4H2,(H,11,12,13)(H,14,15,16);;/q;2*+1/p-2. The molecule has 0 amide bonds. The van der Waals surface area contributed by atoms with Crippen LogP contribution in [0.15, 0.2) is 0 Å². The fourth-order valence-corrected chi connectivity index (χ4v) is 3.67. The van der Waals surface area contributed by atoms with Crippen LogP contribution in [0.4, 0.5) is 0 Å². The zero-order chi connectivity index (χ0) is 14.1. The van der Waals surface area contributed by atoms with E-state index < -0.39 is 42.9 Å². The third kappa shape index (κ3) is 6.88. The predicted octanol–water partition coefficient (Wildman–Crippen LogP) is -7.47. The summed E-state index contributed by atoms with van der Waals surface area (Å²) in [6, 6.07) is 0. The van der Waals surface area contributed by atoms with E-state index in [-0.39, 0.29) is 84.8 Å². The molecule has 0 heterocycles. The van der Waals surface area contributed by atoms with Crippen molar-refractivity contribution in [2.45, 2.75) is 36.6 Å². The summed E-state index contributed by atoms with van der Waals surface area (Å²) >= 11 is 0. The monoisotopic (exact) mass is 348 g/mol. The van der Waals surface area contributed by atoms with E-state index in [9.17, 15) is 36.2 Å². The summed E-state index contributed by atoms with van der Waals surface area (Å²) in [6.07, 6.45) is 0.277. The Balaban J connectivity index is 0. The molecule has 20 heavy (non-hydrogen) atoms. The molecule has 2 atom stereocenters. The van der Waals surface area contributed by atoms with Crippen LogP contribution in [0.2, 0.25) is 0 Å². The molecular formula is C8H14Na2O8S2. The Hall–Kier alpha value is 1.74. The Morgan fingerprint density at radius 2 is 0.950 bits per heavy atom. The van der Waals surface area contributed by atoms with E-state index in [4.69, 9.17) is 0 Å². The SMILES string of the molecule is O=S(=O)([O-])C(O)C1CCC(C(O)S(=O)(=O)[O-])CC1.[Na+].[Na+]. The van der Waals surface area contributed by atoms with Crippen molar-refractivity contribution in [3.8, 4) is 0 Å². The molecule has 12 heteroatoms. The Kier molecular flexibility index (Phi) is 11.0. The van der Waals surface area contributed by atoms with E-state index in [0.29, 0.717) is 0 Å². The molecule has 0 saturated heterocycles. The quantitative estimate of drug-likeness (QED) is 0.375. The van der Waals surface area contributed by atoms with Crippen molar-refractivity contribution in [2.75, 3.05) is 0 Å². The van der Waals surface area contributed by atoms with E-state index in [2.05, 4.69) is 0 Å². The summed E-state index contributed by atoms with van der Waals surface area (Å²) in [4.78, 5) is 0. The van der Waals surface area contributed by atoms with Crippen molar-refractivity contribution in [2.24, 2.45) is 11.8 Å². The molecule has 1 aliphatic carbocycles. The predicted molar refractivity (Wildman–Crippen MR) is 56.9 cm³/mol. The van der Waals surface area contributed by atoms with Gasteiger partial charge in [0.25, 0.3) is 0 Å². The van der Waals surface area contributed by atoms with Gasteiger partial charge in [0.15, 0.2) is 0 Å². The molecule has 0 aromatic rings. The summed E-state index contributed by atoms with van der Waals surface area (Å²) in [5.41, 5.74) is -4.06. The molecule has 1 aliphatic rings. The van der Waals surface area contributed by atoms with Crippen molar-refractivity contribution in [3.05, 3.63) is 0 Å². The zero-order valence-electron chi connectivity index (χ0n) is 11.3.